The number of piperidine rings is 1. The number of hydrogen-bond acceptors (Lipinski definition) is 4. The molecule has 1 aromatic heterocycles. The summed E-state index contributed by atoms with van der Waals surface area (Å²) in [7, 11) is 0. The van der Waals surface area contributed by atoms with Gasteiger partial charge in [0.2, 0.25) is 0 Å². The van der Waals surface area contributed by atoms with Crippen molar-refractivity contribution in [1.82, 2.24) is 9.47 Å². The second kappa shape index (κ2) is 6.79. The smallest absolute Gasteiger partial charge is 0.410 e. The molecule has 3 aromatic rings. The summed E-state index contributed by atoms with van der Waals surface area (Å²) in [5.41, 5.74) is 1.30. The lowest BCUT2D eigenvalue weighted by Gasteiger charge is -2.40. The number of benzene rings is 2. The number of hydrogen-bond donors (Lipinski definition) is 2. The van der Waals surface area contributed by atoms with Gasteiger partial charge in [-0.1, -0.05) is 36.4 Å². The standard InChI is InChI=1S/C22H26N2O4/c1-22(2,3)28-21(27)23-12-18(20(26)19(25)13-23)24-16-10-6-4-8-14(16)15-9-5-7-11-17(15)24/h4-11,18-20,25-26H,12-13H2,1-3H3/t18-,19-,20+/m0/s1. The normalized spacial score (nSPS) is 23.3. The Morgan fingerprint density at radius 3 is 2.04 bits per heavy atom. The van der Waals surface area contributed by atoms with Gasteiger partial charge < -0.3 is 24.4 Å². The Bertz CT molecular complexity index is 967. The zero-order valence-corrected chi connectivity index (χ0v) is 16.4. The fraction of sp³-hybridized carbons (Fsp3) is 0.409. The molecule has 0 unspecified atom stereocenters. The van der Waals surface area contributed by atoms with Gasteiger partial charge in [0.05, 0.1) is 18.7 Å². The lowest BCUT2D eigenvalue weighted by atomic mass is 9.99. The van der Waals surface area contributed by atoms with Crippen LogP contribution in [0.15, 0.2) is 48.5 Å². The Labute approximate surface area is 163 Å². The van der Waals surface area contributed by atoms with Gasteiger partial charge in [-0.15, -0.1) is 0 Å². The van der Waals surface area contributed by atoms with Gasteiger partial charge in [0.25, 0.3) is 0 Å². The molecule has 4 rings (SSSR count). The Balaban J connectivity index is 1.79. The number of fused-ring (bicyclic) bond motifs is 3. The van der Waals surface area contributed by atoms with E-state index in [0.29, 0.717) is 0 Å². The number of aliphatic hydroxyl groups is 2. The number of para-hydroxylation sites is 2. The minimum Gasteiger partial charge on any atom is -0.444 e. The zero-order valence-electron chi connectivity index (χ0n) is 16.4. The summed E-state index contributed by atoms with van der Waals surface area (Å²) in [5.74, 6) is 0. The van der Waals surface area contributed by atoms with Gasteiger partial charge >= 0.3 is 6.09 Å². The maximum atomic E-state index is 12.6. The first kappa shape index (κ1) is 18.8. The molecule has 3 atom stereocenters. The highest BCUT2D eigenvalue weighted by Gasteiger charge is 2.40. The van der Waals surface area contributed by atoms with Gasteiger partial charge in [-0.3, -0.25) is 0 Å². The number of carbonyl (C=O) groups excluding carboxylic acids is 1. The van der Waals surface area contributed by atoms with Crippen LogP contribution < -0.4 is 0 Å². The summed E-state index contributed by atoms with van der Waals surface area (Å²) in [4.78, 5) is 14.1. The Morgan fingerprint density at radius 2 is 1.50 bits per heavy atom. The first-order valence-corrected chi connectivity index (χ1v) is 9.58. The average molecular weight is 382 g/mol. The monoisotopic (exact) mass is 382 g/mol. The molecule has 6 heteroatoms. The number of amides is 1. The van der Waals surface area contributed by atoms with Crippen LogP contribution in [0.2, 0.25) is 0 Å². The van der Waals surface area contributed by atoms with Gasteiger partial charge in [-0.2, -0.15) is 0 Å². The molecule has 1 aliphatic rings. The summed E-state index contributed by atoms with van der Waals surface area (Å²) >= 11 is 0. The van der Waals surface area contributed by atoms with Crippen molar-refractivity contribution in [2.75, 3.05) is 13.1 Å². The molecule has 1 saturated heterocycles. The van der Waals surface area contributed by atoms with Crippen molar-refractivity contribution in [3.63, 3.8) is 0 Å². The Morgan fingerprint density at radius 1 is 0.964 bits per heavy atom. The highest BCUT2D eigenvalue weighted by Crippen LogP contribution is 2.35. The fourth-order valence-electron chi connectivity index (χ4n) is 4.02. The third-order valence-electron chi connectivity index (χ3n) is 5.20. The molecule has 1 fully saturated rings. The highest BCUT2D eigenvalue weighted by molar-refractivity contribution is 6.08. The van der Waals surface area contributed by atoms with Crippen LogP contribution in [0.4, 0.5) is 4.79 Å². The number of nitrogens with zero attached hydrogens (tertiary/aromatic N) is 2. The van der Waals surface area contributed by atoms with E-state index in [4.69, 9.17) is 4.74 Å². The number of carbonyl (C=O) groups is 1. The molecule has 2 N–H and O–H groups in total. The van der Waals surface area contributed by atoms with Crippen LogP contribution in [0.5, 0.6) is 0 Å². The maximum absolute atomic E-state index is 12.6. The average Bonchev–Trinajstić information content (AvgIpc) is 2.97. The van der Waals surface area contributed by atoms with Crippen molar-refractivity contribution in [3.8, 4) is 0 Å². The van der Waals surface area contributed by atoms with Gasteiger partial charge in [-0.05, 0) is 32.9 Å². The Hall–Kier alpha value is -2.57. The fourth-order valence-corrected chi connectivity index (χ4v) is 4.02. The molecule has 1 amide bonds. The van der Waals surface area contributed by atoms with Gasteiger partial charge in [0.1, 0.15) is 11.7 Å². The topological polar surface area (TPSA) is 74.9 Å². The summed E-state index contributed by atoms with van der Waals surface area (Å²) in [5, 5.41) is 23.5. The minimum atomic E-state index is -1.05. The van der Waals surface area contributed by atoms with Crippen LogP contribution in [0.1, 0.15) is 26.8 Å². The number of aliphatic hydroxyl groups excluding tert-OH is 2. The summed E-state index contributed by atoms with van der Waals surface area (Å²) in [6.45, 7) is 5.74. The van der Waals surface area contributed by atoms with E-state index in [1.165, 1.54) is 4.90 Å². The van der Waals surface area contributed by atoms with Crippen molar-refractivity contribution in [3.05, 3.63) is 48.5 Å². The maximum Gasteiger partial charge on any atom is 0.410 e. The molecule has 2 aromatic carbocycles. The van der Waals surface area contributed by atoms with Crippen LogP contribution in [-0.2, 0) is 4.74 Å². The second-order valence-electron chi connectivity index (χ2n) is 8.41. The van der Waals surface area contributed by atoms with Crippen LogP contribution in [0.3, 0.4) is 0 Å². The molecule has 2 heterocycles. The van der Waals surface area contributed by atoms with Crippen molar-refractivity contribution < 1.29 is 19.7 Å². The van der Waals surface area contributed by atoms with Crippen molar-refractivity contribution >= 4 is 27.9 Å². The Kier molecular flexibility index (Phi) is 4.56. The van der Waals surface area contributed by atoms with E-state index in [1.54, 1.807) is 0 Å². The molecule has 148 valence electrons. The van der Waals surface area contributed by atoms with E-state index >= 15 is 0 Å². The lowest BCUT2D eigenvalue weighted by molar-refractivity contribution is -0.0704. The zero-order chi connectivity index (χ0) is 20.1. The largest absolute Gasteiger partial charge is 0.444 e. The van der Waals surface area contributed by atoms with Gasteiger partial charge in [-0.25, -0.2) is 4.79 Å². The van der Waals surface area contributed by atoms with E-state index in [1.807, 2.05) is 73.9 Å². The quantitative estimate of drug-likeness (QED) is 0.677. The SMILES string of the molecule is CC(C)(C)OC(=O)N1C[C@H](O)[C@H](O)[C@@H](n2c3ccccc3c3ccccc32)C1. The predicted octanol–water partition coefficient (Wildman–Crippen LogP) is 3.31. The molecule has 6 nitrogen and oxygen atoms in total. The van der Waals surface area contributed by atoms with E-state index in [-0.39, 0.29) is 13.1 Å². The third kappa shape index (κ3) is 3.23. The predicted molar refractivity (Wildman–Crippen MR) is 108 cm³/mol. The molecule has 0 radical (unpaired) electrons. The number of rotatable bonds is 1. The van der Waals surface area contributed by atoms with E-state index in [0.717, 1.165) is 21.8 Å². The molecule has 1 aliphatic heterocycles. The molecule has 28 heavy (non-hydrogen) atoms. The van der Waals surface area contributed by atoms with E-state index in [2.05, 4.69) is 0 Å². The molecule has 0 aliphatic carbocycles. The summed E-state index contributed by atoms with van der Waals surface area (Å²) in [6.07, 6.45) is -2.52. The molecule has 0 bridgehead atoms. The number of likely N-dealkylation sites (tertiary alicyclic amines) is 1. The molecule has 0 saturated carbocycles. The highest BCUT2D eigenvalue weighted by atomic mass is 16.6. The molecular weight excluding hydrogens is 356 g/mol. The van der Waals surface area contributed by atoms with E-state index < -0.39 is 29.9 Å². The van der Waals surface area contributed by atoms with Crippen molar-refractivity contribution in [2.24, 2.45) is 0 Å². The summed E-state index contributed by atoms with van der Waals surface area (Å²) in [6, 6.07) is 15.5. The van der Waals surface area contributed by atoms with Crippen LogP contribution in [0, 0.1) is 0 Å². The first-order chi connectivity index (χ1) is 13.3. The van der Waals surface area contributed by atoms with Gasteiger partial charge in [0.15, 0.2) is 0 Å². The first-order valence-electron chi connectivity index (χ1n) is 9.58. The number of β-amino-alcohol motifs (C(OH)–C–C–N with tert-alkyl or cyclic N) is 1. The minimum absolute atomic E-state index is 0.0454. The lowest BCUT2D eigenvalue weighted by Crippen LogP contribution is -2.55. The van der Waals surface area contributed by atoms with E-state index in [9.17, 15) is 15.0 Å². The van der Waals surface area contributed by atoms with Gasteiger partial charge in [0, 0.05) is 28.4 Å². The molecular formula is C22H26N2O4. The van der Waals surface area contributed by atoms with Crippen LogP contribution in [0.25, 0.3) is 21.8 Å². The molecule has 0 spiro atoms. The van der Waals surface area contributed by atoms with Crippen LogP contribution >= 0.6 is 0 Å². The number of ether oxygens (including phenoxy) is 1. The van der Waals surface area contributed by atoms with Crippen molar-refractivity contribution in [2.45, 2.75) is 44.6 Å². The number of aromatic nitrogens is 1. The summed E-state index contributed by atoms with van der Waals surface area (Å²) < 4.78 is 7.52. The van der Waals surface area contributed by atoms with Crippen molar-refractivity contribution in [1.29, 1.82) is 0 Å². The second-order valence-corrected chi connectivity index (χ2v) is 8.41. The van der Waals surface area contributed by atoms with Crippen LogP contribution in [-0.4, -0.2) is 56.7 Å². The third-order valence-corrected chi connectivity index (χ3v) is 5.20.